The molecule has 1 N–H and O–H groups in total. The van der Waals surface area contributed by atoms with E-state index in [0.29, 0.717) is 19.6 Å². The predicted molar refractivity (Wildman–Crippen MR) is 97.1 cm³/mol. The van der Waals surface area contributed by atoms with Crippen LogP contribution in [0.5, 0.6) is 0 Å². The van der Waals surface area contributed by atoms with Crippen LogP contribution in [0.4, 0.5) is 0 Å². The minimum Gasteiger partial charge on any atom is -0.392 e. The summed E-state index contributed by atoms with van der Waals surface area (Å²) in [5.74, 6) is 0.0833. The van der Waals surface area contributed by atoms with Gasteiger partial charge >= 0.3 is 0 Å². The van der Waals surface area contributed by atoms with E-state index in [4.69, 9.17) is 0 Å². The van der Waals surface area contributed by atoms with Crippen LogP contribution in [0.3, 0.4) is 0 Å². The van der Waals surface area contributed by atoms with Gasteiger partial charge in [-0.25, -0.2) is 0 Å². The lowest BCUT2D eigenvalue weighted by molar-refractivity contribution is 0.0553. The van der Waals surface area contributed by atoms with Gasteiger partial charge in [-0.05, 0) is 39.0 Å². The van der Waals surface area contributed by atoms with Crippen LogP contribution >= 0.6 is 0 Å². The number of rotatable bonds is 4. The number of carbonyl (C=O) groups excluding carboxylic acids is 1. The largest absolute Gasteiger partial charge is 0.392 e. The van der Waals surface area contributed by atoms with Crippen LogP contribution in [-0.4, -0.2) is 69.2 Å². The molecule has 1 amide bonds. The fourth-order valence-corrected chi connectivity index (χ4v) is 3.54. The molecular formula is C19H26N4O2. The monoisotopic (exact) mass is 342 g/mol. The Bertz CT molecular complexity index is 731. The summed E-state index contributed by atoms with van der Waals surface area (Å²) >= 11 is 0. The summed E-state index contributed by atoms with van der Waals surface area (Å²) in [6, 6.07) is 5.86. The summed E-state index contributed by atoms with van der Waals surface area (Å²) < 4.78 is 2.07. The van der Waals surface area contributed by atoms with Crippen molar-refractivity contribution in [2.45, 2.75) is 26.9 Å². The molecule has 0 radical (unpaired) electrons. The number of aryl methyl sites for hydroxylation is 1. The molecule has 1 atom stereocenters. The average molecular weight is 342 g/mol. The van der Waals surface area contributed by atoms with E-state index in [9.17, 15) is 9.90 Å². The highest BCUT2D eigenvalue weighted by Gasteiger charge is 2.25. The summed E-state index contributed by atoms with van der Waals surface area (Å²) in [6.45, 7) is 9.46. The smallest absolute Gasteiger partial charge is 0.255 e. The van der Waals surface area contributed by atoms with Crippen molar-refractivity contribution in [3.63, 3.8) is 0 Å². The van der Waals surface area contributed by atoms with Crippen LogP contribution in [0.2, 0.25) is 0 Å². The predicted octanol–water partition coefficient (Wildman–Crippen LogP) is 1.63. The maximum atomic E-state index is 13.0. The van der Waals surface area contributed by atoms with Gasteiger partial charge in [-0.3, -0.25) is 14.7 Å². The first kappa shape index (κ1) is 17.6. The van der Waals surface area contributed by atoms with Crippen molar-refractivity contribution in [2.24, 2.45) is 0 Å². The minimum atomic E-state index is -0.333. The van der Waals surface area contributed by atoms with Crippen LogP contribution in [0.1, 0.15) is 28.7 Å². The topological polar surface area (TPSA) is 61.6 Å². The van der Waals surface area contributed by atoms with Gasteiger partial charge in [0.15, 0.2) is 0 Å². The summed E-state index contributed by atoms with van der Waals surface area (Å²) in [5, 5.41) is 9.51. The molecule has 0 spiro atoms. The number of aromatic nitrogens is 2. The van der Waals surface area contributed by atoms with Crippen molar-refractivity contribution in [1.82, 2.24) is 19.4 Å². The Morgan fingerprint density at radius 1 is 1.28 bits per heavy atom. The molecule has 0 aromatic carbocycles. The zero-order valence-corrected chi connectivity index (χ0v) is 15.1. The van der Waals surface area contributed by atoms with Crippen LogP contribution in [-0.2, 0) is 0 Å². The highest BCUT2D eigenvalue weighted by molar-refractivity contribution is 5.96. The molecule has 0 saturated carbocycles. The molecule has 1 aliphatic rings. The summed E-state index contributed by atoms with van der Waals surface area (Å²) in [4.78, 5) is 21.3. The van der Waals surface area contributed by atoms with Gasteiger partial charge in [0.05, 0.1) is 23.6 Å². The summed E-state index contributed by atoms with van der Waals surface area (Å²) in [5.41, 5.74) is 3.70. The maximum Gasteiger partial charge on any atom is 0.255 e. The summed E-state index contributed by atoms with van der Waals surface area (Å²) in [6.07, 6.45) is 3.22. The lowest BCUT2D eigenvalue weighted by Crippen LogP contribution is -2.50. The van der Waals surface area contributed by atoms with Gasteiger partial charge in [-0.1, -0.05) is 0 Å². The van der Waals surface area contributed by atoms with Crippen LogP contribution in [0.25, 0.3) is 5.69 Å². The highest BCUT2D eigenvalue weighted by Crippen LogP contribution is 2.22. The van der Waals surface area contributed by atoms with Crippen LogP contribution in [0.15, 0.2) is 30.6 Å². The zero-order chi connectivity index (χ0) is 18.0. The fourth-order valence-electron chi connectivity index (χ4n) is 3.54. The molecular weight excluding hydrogens is 316 g/mol. The third-order valence-corrected chi connectivity index (χ3v) is 4.75. The van der Waals surface area contributed by atoms with Crippen molar-refractivity contribution < 1.29 is 9.90 Å². The van der Waals surface area contributed by atoms with E-state index in [1.165, 1.54) is 0 Å². The Balaban J connectivity index is 1.76. The number of nitrogens with zero attached hydrogens (tertiary/aromatic N) is 4. The van der Waals surface area contributed by atoms with E-state index in [1.54, 1.807) is 13.1 Å². The van der Waals surface area contributed by atoms with Gasteiger partial charge in [0.25, 0.3) is 5.91 Å². The summed E-state index contributed by atoms with van der Waals surface area (Å²) in [7, 11) is 0. The number of carbonyl (C=O) groups is 1. The molecule has 3 heterocycles. The van der Waals surface area contributed by atoms with Crippen molar-refractivity contribution in [2.75, 3.05) is 32.7 Å². The van der Waals surface area contributed by atoms with E-state index in [0.717, 1.165) is 35.7 Å². The van der Waals surface area contributed by atoms with E-state index in [2.05, 4.69) is 14.5 Å². The number of pyridine rings is 1. The van der Waals surface area contributed by atoms with Gasteiger partial charge in [-0.15, -0.1) is 0 Å². The van der Waals surface area contributed by atoms with Gasteiger partial charge < -0.3 is 14.6 Å². The molecule has 0 aliphatic carbocycles. The number of amides is 1. The molecule has 6 heteroatoms. The van der Waals surface area contributed by atoms with Gasteiger partial charge in [0.2, 0.25) is 0 Å². The van der Waals surface area contributed by atoms with E-state index < -0.39 is 0 Å². The first-order valence-electron chi connectivity index (χ1n) is 8.76. The molecule has 1 aliphatic heterocycles. The molecule has 3 rings (SSSR count). The Kier molecular flexibility index (Phi) is 5.20. The molecule has 1 saturated heterocycles. The third-order valence-electron chi connectivity index (χ3n) is 4.75. The standard InChI is InChI=1S/C19H26N4O2/c1-14-11-18(16(3)23(14)17-5-4-6-20-12-17)19(25)22-9-7-21(8-10-22)13-15(2)24/h4-6,11-12,15,24H,7-10,13H2,1-3H3/t15-/m0/s1. The lowest BCUT2D eigenvalue weighted by atomic mass is 10.2. The Morgan fingerprint density at radius 3 is 2.60 bits per heavy atom. The van der Waals surface area contributed by atoms with Crippen LogP contribution < -0.4 is 0 Å². The van der Waals surface area contributed by atoms with Crippen LogP contribution in [0, 0.1) is 13.8 Å². The van der Waals surface area contributed by atoms with Gasteiger partial charge in [0, 0.05) is 50.3 Å². The molecule has 2 aromatic rings. The quantitative estimate of drug-likeness (QED) is 0.917. The minimum absolute atomic E-state index is 0.0833. The Morgan fingerprint density at radius 2 is 2.00 bits per heavy atom. The number of aliphatic hydroxyl groups is 1. The number of piperazine rings is 1. The second-order valence-electron chi connectivity index (χ2n) is 6.77. The Hall–Kier alpha value is -2.18. The third kappa shape index (κ3) is 3.75. The number of β-amino-alcohol motifs (C(OH)–C–C–N with tert-alkyl or cyclic N) is 1. The molecule has 2 aromatic heterocycles. The van der Waals surface area contributed by atoms with Crippen molar-refractivity contribution >= 4 is 5.91 Å². The normalized spacial score (nSPS) is 16.9. The number of hydrogen-bond acceptors (Lipinski definition) is 4. The number of aliphatic hydroxyl groups excluding tert-OH is 1. The van der Waals surface area contributed by atoms with E-state index in [1.807, 2.05) is 43.1 Å². The average Bonchev–Trinajstić information content (AvgIpc) is 2.89. The fraction of sp³-hybridized carbons (Fsp3) is 0.474. The highest BCUT2D eigenvalue weighted by atomic mass is 16.3. The van der Waals surface area contributed by atoms with Crippen molar-refractivity contribution in [3.8, 4) is 5.69 Å². The first-order chi connectivity index (χ1) is 12.0. The second-order valence-corrected chi connectivity index (χ2v) is 6.77. The maximum absolute atomic E-state index is 13.0. The van der Waals surface area contributed by atoms with Gasteiger partial charge in [0.1, 0.15) is 0 Å². The van der Waals surface area contributed by atoms with Crippen molar-refractivity contribution in [3.05, 3.63) is 47.5 Å². The molecule has 6 nitrogen and oxygen atoms in total. The SMILES string of the molecule is Cc1cc(C(=O)N2CCN(C[C@H](C)O)CC2)c(C)n1-c1cccnc1. The van der Waals surface area contributed by atoms with Gasteiger partial charge in [-0.2, -0.15) is 0 Å². The Labute approximate surface area is 148 Å². The second kappa shape index (κ2) is 7.37. The first-order valence-corrected chi connectivity index (χ1v) is 8.76. The molecule has 25 heavy (non-hydrogen) atoms. The lowest BCUT2D eigenvalue weighted by Gasteiger charge is -2.35. The zero-order valence-electron chi connectivity index (χ0n) is 15.1. The molecule has 0 unspecified atom stereocenters. The molecule has 134 valence electrons. The van der Waals surface area contributed by atoms with Crippen molar-refractivity contribution in [1.29, 1.82) is 0 Å². The van der Waals surface area contributed by atoms with E-state index >= 15 is 0 Å². The molecule has 0 bridgehead atoms. The van der Waals surface area contributed by atoms with E-state index in [-0.39, 0.29) is 12.0 Å². The molecule has 1 fully saturated rings. The number of hydrogen-bond donors (Lipinski definition) is 1.